The lowest BCUT2D eigenvalue weighted by Crippen LogP contribution is -2.63. The van der Waals surface area contributed by atoms with E-state index >= 15 is 0 Å². The number of aliphatic hydroxyl groups is 6. The third-order valence-electron chi connectivity index (χ3n) is 4.12. The van der Waals surface area contributed by atoms with Crippen LogP contribution in [0.25, 0.3) is 0 Å². The minimum atomic E-state index is -1.64. The Morgan fingerprint density at radius 2 is 0.586 bits per heavy atom. The molecule has 0 aliphatic heterocycles. The Kier molecular flexibility index (Phi) is 14.4. The molecule has 13 heteroatoms. The van der Waals surface area contributed by atoms with E-state index in [0.717, 1.165) is 0 Å². The third kappa shape index (κ3) is 8.00. The zero-order valence-electron chi connectivity index (χ0n) is 14.9. The minimum absolute atomic E-state index is 0.437. The normalized spacial score (nSPS) is 46.9. The monoisotopic (exact) mass is 538 g/mol. The molecule has 0 spiro atoms. The van der Waals surface area contributed by atoms with Crippen molar-refractivity contribution in [1.29, 1.82) is 0 Å². The summed E-state index contributed by atoms with van der Waals surface area (Å²) in [5.41, 5.74) is 0. The highest BCUT2D eigenvalue weighted by Gasteiger charge is 2.48. The first-order chi connectivity index (χ1) is 13.3. The maximum Gasteiger partial charge on any atom is 0.111 e. The smallest absolute Gasteiger partial charge is 0.111 e. The van der Waals surface area contributed by atoms with Crippen molar-refractivity contribution in [2.75, 3.05) is 0 Å². The first-order valence-corrected chi connectivity index (χ1v) is 10.8. The SMILES string of the molecule is C=COC=C.Cl[C@H]1[C@H](Cl)[C@@H](Cl)[C@@H](Cl)[C@H](Cl)[C@H]1Cl.O[C@H]1[C@H](O)[C@@H](O)[C@H](O)[C@@H](O)[C@H]1O. The topological polar surface area (TPSA) is 131 Å². The average Bonchev–Trinajstić information content (AvgIpc) is 2.72. The molecular weight excluding hydrogens is 517 g/mol. The van der Waals surface area contributed by atoms with Gasteiger partial charge in [-0.1, -0.05) is 13.2 Å². The fourth-order valence-electron chi connectivity index (χ4n) is 2.33. The van der Waals surface area contributed by atoms with E-state index in [9.17, 15) is 0 Å². The van der Waals surface area contributed by atoms with Crippen molar-refractivity contribution >= 4 is 69.6 Å². The van der Waals surface area contributed by atoms with Crippen molar-refractivity contribution in [1.82, 2.24) is 0 Å². The van der Waals surface area contributed by atoms with Gasteiger partial charge in [-0.15, -0.1) is 69.6 Å². The van der Waals surface area contributed by atoms with Gasteiger partial charge >= 0.3 is 0 Å². The van der Waals surface area contributed by atoms with Crippen LogP contribution in [-0.2, 0) is 4.74 Å². The van der Waals surface area contributed by atoms with Gasteiger partial charge in [-0.25, -0.2) is 0 Å². The Labute approximate surface area is 199 Å². The predicted molar refractivity (Wildman–Crippen MR) is 115 cm³/mol. The van der Waals surface area contributed by atoms with Crippen molar-refractivity contribution in [3.8, 4) is 0 Å². The maximum absolute atomic E-state index is 8.97. The Morgan fingerprint density at radius 1 is 0.448 bits per heavy atom. The van der Waals surface area contributed by atoms with Crippen molar-refractivity contribution in [2.45, 2.75) is 68.9 Å². The van der Waals surface area contributed by atoms with Crippen LogP contribution in [0, 0.1) is 0 Å². The van der Waals surface area contributed by atoms with Gasteiger partial charge in [0.1, 0.15) is 36.6 Å². The molecule has 29 heavy (non-hydrogen) atoms. The lowest BCUT2D eigenvalue weighted by atomic mass is 9.85. The van der Waals surface area contributed by atoms with E-state index in [1.807, 2.05) is 0 Å². The molecule has 0 unspecified atom stereocenters. The van der Waals surface area contributed by atoms with Gasteiger partial charge in [0.15, 0.2) is 0 Å². The summed E-state index contributed by atoms with van der Waals surface area (Å²) >= 11 is 35.3. The van der Waals surface area contributed by atoms with Gasteiger partial charge in [0, 0.05) is 0 Å². The second-order valence-corrected chi connectivity index (χ2v) is 9.10. The first-order valence-electron chi connectivity index (χ1n) is 8.15. The van der Waals surface area contributed by atoms with E-state index in [1.54, 1.807) is 0 Å². The molecule has 6 N–H and O–H groups in total. The van der Waals surface area contributed by atoms with Crippen LogP contribution in [0.1, 0.15) is 0 Å². The van der Waals surface area contributed by atoms with Crippen LogP contribution in [-0.4, -0.2) is 99.5 Å². The van der Waals surface area contributed by atoms with Gasteiger partial charge in [0.05, 0.1) is 44.8 Å². The summed E-state index contributed by atoms with van der Waals surface area (Å²) < 4.78 is 4.36. The number of aliphatic hydroxyl groups excluding tert-OH is 6. The lowest BCUT2D eigenvalue weighted by Gasteiger charge is -2.39. The number of hydrogen-bond donors (Lipinski definition) is 6. The molecule has 2 rings (SSSR count). The molecule has 2 aliphatic rings. The van der Waals surface area contributed by atoms with Crippen molar-refractivity contribution in [3.05, 3.63) is 25.7 Å². The number of hydrogen-bond acceptors (Lipinski definition) is 7. The first kappa shape index (κ1) is 29.8. The molecule has 0 aromatic carbocycles. The van der Waals surface area contributed by atoms with E-state index in [4.69, 9.17) is 100 Å². The molecule has 0 aromatic heterocycles. The second-order valence-electron chi connectivity index (χ2n) is 6.08. The molecular formula is C16H24Cl6O7. The molecule has 0 heterocycles. The Morgan fingerprint density at radius 3 is 0.655 bits per heavy atom. The molecule has 2 saturated carbocycles. The molecule has 2 fully saturated rings. The standard InChI is InChI=1S/C6H6Cl6.C6H12O6.C4H6O/c2*7-1-2(8)4(10)6(12)5(11)3(1)9;1-3-5-4-2/h1-6H;1-12H;3-4H,1-2H2/t1-,2-,3-,4+,5+,6+;1-,2-,3-,4+,5-,6-;. The quantitative estimate of drug-likeness (QED) is 0.228. The fourth-order valence-corrected chi connectivity index (χ4v) is 4.66. The van der Waals surface area contributed by atoms with Gasteiger partial charge in [-0.2, -0.15) is 0 Å². The van der Waals surface area contributed by atoms with Crippen LogP contribution >= 0.6 is 69.6 Å². The van der Waals surface area contributed by atoms with Crippen LogP contribution in [0.5, 0.6) is 0 Å². The minimum Gasteiger partial charge on any atom is -0.474 e. The third-order valence-corrected chi connectivity index (χ3v) is 8.15. The van der Waals surface area contributed by atoms with E-state index in [-0.39, 0.29) is 0 Å². The van der Waals surface area contributed by atoms with Crippen molar-refractivity contribution in [2.24, 2.45) is 0 Å². The second kappa shape index (κ2) is 14.0. The number of halogens is 6. The molecule has 0 radical (unpaired) electrons. The molecule has 0 bridgehead atoms. The Bertz CT molecular complexity index is 345. The van der Waals surface area contributed by atoms with E-state index in [1.165, 1.54) is 12.5 Å². The van der Waals surface area contributed by atoms with Gasteiger partial charge in [-0.05, 0) is 0 Å². The zero-order chi connectivity index (χ0) is 23.0. The predicted octanol–water partition coefficient (Wildman–Crippen LogP) is 1.10. The highest BCUT2D eigenvalue weighted by atomic mass is 35.5. The average molecular weight is 541 g/mol. The van der Waals surface area contributed by atoms with Gasteiger partial charge in [-0.3, -0.25) is 0 Å². The molecule has 172 valence electrons. The summed E-state index contributed by atoms with van der Waals surface area (Å²) in [5.74, 6) is 0. The largest absolute Gasteiger partial charge is 0.474 e. The summed E-state index contributed by atoms with van der Waals surface area (Å²) in [6.07, 6.45) is -7.22. The molecule has 0 saturated heterocycles. The summed E-state index contributed by atoms with van der Waals surface area (Å²) in [5, 5.41) is 51.2. The number of rotatable bonds is 2. The number of alkyl halides is 6. The Balaban J connectivity index is 0.000000442. The van der Waals surface area contributed by atoms with Crippen LogP contribution < -0.4 is 0 Å². The van der Waals surface area contributed by atoms with E-state index in [0.29, 0.717) is 0 Å². The number of ether oxygens (including phenoxy) is 1. The van der Waals surface area contributed by atoms with Crippen molar-refractivity contribution < 1.29 is 35.4 Å². The van der Waals surface area contributed by atoms with Crippen LogP contribution in [0.4, 0.5) is 0 Å². The van der Waals surface area contributed by atoms with E-state index < -0.39 is 68.9 Å². The van der Waals surface area contributed by atoms with Gasteiger partial charge in [0.2, 0.25) is 0 Å². The summed E-state index contributed by atoms with van der Waals surface area (Å²) in [6.45, 7) is 6.51. The van der Waals surface area contributed by atoms with Gasteiger partial charge < -0.3 is 35.4 Å². The summed E-state index contributed by atoms with van der Waals surface area (Å²) in [4.78, 5) is 0. The van der Waals surface area contributed by atoms with Gasteiger partial charge in [0.25, 0.3) is 0 Å². The molecule has 0 atom stereocenters. The highest BCUT2D eigenvalue weighted by molar-refractivity contribution is 6.45. The zero-order valence-corrected chi connectivity index (χ0v) is 19.4. The fraction of sp³-hybridized carbons (Fsp3) is 0.750. The molecule has 0 amide bonds. The maximum atomic E-state index is 8.97. The summed E-state index contributed by atoms with van der Waals surface area (Å²) in [6, 6.07) is 0. The molecule has 2 aliphatic carbocycles. The van der Waals surface area contributed by atoms with Crippen LogP contribution in [0.3, 0.4) is 0 Å². The lowest BCUT2D eigenvalue weighted by molar-refractivity contribution is -0.223. The molecule has 0 aromatic rings. The van der Waals surface area contributed by atoms with E-state index in [2.05, 4.69) is 17.9 Å². The Hall–Kier alpha value is 0.780. The highest BCUT2D eigenvalue weighted by Crippen LogP contribution is 2.39. The molecule has 7 nitrogen and oxygen atoms in total. The van der Waals surface area contributed by atoms with Crippen LogP contribution in [0.2, 0.25) is 0 Å². The van der Waals surface area contributed by atoms with Crippen molar-refractivity contribution in [3.63, 3.8) is 0 Å². The summed E-state index contributed by atoms with van der Waals surface area (Å²) in [7, 11) is 0. The van der Waals surface area contributed by atoms with Crippen LogP contribution in [0.15, 0.2) is 25.7 Å².